The third-order valence-electron chi connectivity index (χ3n) is 2.70. The van der Waals surface area contributed by atoms with E-state index in [9.17, 15) is 4.79 Å². The number of methoxy groups -OCH3 is 1. The SMILES string of the molecule is COc1ccc(SCCC(=O)NCc2cccs2)cc1. The zero-order chi connectivity index (χ0) is 14.2. The van der Waals surface area contributed by atoms with Gasteiger partial charge in [-0.2, -0.15) is 0 Å². The van der Waals surface area contributed by atoms with E-state index in [1.54, 1.807) is 30.2 Å². The average Bonchev–Trinajstić information content (AvgIpc) is 2.99. The van der Waals surface area contributed by atoms with Crippen LogP contribution in [0.2, 0.25) is 0 Å². The Morgan fingerprint density at radius 2 is 2.10 bits per heavy atom. The first kappa shape index (κ1) is 14.9. The number of hydrogen-bond acceptors (Lipinski definition) is 4. The highest BCUT2D eigenvalue weighted by atomic mass is 32.2. The molecule has 0 aliphatic carbocycles. The molecule has 0 atom stereocenters. The Morgan fingerprint density at radius 1 is 1.30 bits per heavy atom. The molecule has 20 heavy (non-hydrogen) atoms. The van der Waals surface area contributed by atoms with E-state index in [4.69, 9.17) is 4.74 Å². The lowest BCUT2D eigenvalue weighted by atomic mass is 10.3. The first-order valence-electron chi connectivity index (χ1n) is 6.34. The lowest BCUT2D eigenvalue weighted by molar-refractivity contribution is -0.120. The Hall–Kier alpha value is -1.46. The van der Waals surface area contributed by atoms with Gasteiger partial charge in [0.25, 0.3) is 0 Å². The highest BCUT2D eigenvalue weighted by Crippen LogP contribution is 2.21. The van der Waals surface area contributed by atoms with E-state index in [-0.39, 0.29) is 5.91 Å². The van der Waals surface area contributed by atoms with Crippen LogP contribution < -0.4 is 10.1 Å². The number of rotatable bonds is 7. The van der Waals surface area contributed by atoms with Crippen molar-refractivity contribution in [3.8, 4) is 5.75 Å². The molecule has 0 fully saturated rings. The van der Waals surface area contributed by atoms with Crippen molar-refractivity contribution >= 4 is 29.0 Å². The van der Waals surface area contributed by atoms with E-state index >= 15 is 0 Å². The summed E-state index contributed by atoms with van der Waals surface area (Å²) in [6.45, 7) is 0.629. The summed E-state index contributed by atoms with van der Waals surface area (Å²) in [7, 11) is 1.65. The van der Waals surface area contributed by atoms with Crippen LogP contribution in [-0.2, 0) is 11.3 Å². The molecule has 0 bridgehead atoms. The van der Waals surface area contributed by atoms with Gasteiger partial charge in [0.2, 0.25) is 5.91 Å². The van der Waals surface area contributed by atoms with E-state index in [0.717, 1.165) is 16.4 Å². The van der Waals surface area contributed by atoms with Crippen molar-refractivity contribution in [3.05, 3.63) is 46.7 Å². The molecule has 0 aliphatic rings. The summed E-state index contributed by atoms with van der Waals surface area (Å²) in [4.78, 5) is 14.0. The predicted molar refractivity (Wildman–Crippen MR) is 84.5 cm³/mol. The minimum atomic E-state index is 0.0967. The fraction of sp³-hybridized carbons (Fsp3) is 0.267. The van der Waals surface area contributed by atoms with Crippen LogP contribution in [0.4, 0.5) is 0 Å². The van der Waals surface area contributed by atoms with Crippen LogP contribution in [0, 0.1) is 0 Å². The van der Waals surface area contributed by atoms with E-state index < -0.39 is 0 Å². The van der Waals surface area contributed by atoms with Crippen molar-refractivity contribution in [1.29, 1.82) is 0 Å². The number of nitrogens with one attached hydrogen (secondary N) is 1. The first-order chi connectivity index (χ1) is 9.78. The van der Waals surface area contributed by atoms with Gasteiger partial charge in [-0.3, -0.25) is 4.79 Å². The Morgan fingerprint density at radius 3 is 2.75 bits per heavy atom. The molecule has 3 nitrogen and oxygen atoms in total. The number of ether oxygens (including phenoxy) is 1. The molecule has 1 amide bonds. The van der Waals surface area contributed by atoms with E-state index in [2.05, 4.69) is 5.32 Å². The molecule has 0 radical (unpaired) electrons. The van der Waals surface area contributed by atoms with E-state index in [1.165, 1.54) is 4.88 Å². The van der Waals surface area contributed by atoms with Crippen molar-refractivity contribution in [3.63, 3.8) is 0 Å². The highest BCUT2D eigenvalue weighted by Gasteiger charge is 2.03. The predicted octanol–water partition coefficient (Wildman–Crippen LogP) is 3.56. The summed E-state index contributed by atoms with van der Waals surface area (Å²) in [6.07, 6.45) is 0.530. The molecule has 1 aromatic carbocycles. The van der Waals surface area contributed by atoms with Gasteiger partial charge in [-0.1, -0.05) is 6.07 Å². The summed E-state index contributed by atoms with van der Waals surface area (Å²) >= 11 is 3.33. The molecule has 0 unspecified atom stereocenters. The molecule has 5 heteroatoms. The molecule has 1 heterocycles. The molecule has 0 saturated heterocycles. The third kappa shape index (κ3) is 4.90. The van der Waals surface area contributed by atoms with Crippen LogP contribution in [0.5, 0.6) is 5.75 Å². The molecule has 0 saturated carbocycles. The molecule has 0 aliphatic heterocycles. The van der Waals surface area contributed by atoms with Crippen molar-refractivity contribution < 1.29 is 9.53 Å². The van der Waals surface area contributed by atoms with Gasteiger partial charge in [0.15, 0.2) is 0 Å². The second-order valence-corrected chi connectivity index (χ2v) is 6.33. The van der Waals surface area contributed by atoms with E-state index in [0.29, 0.717) is 13.0 Å². The van der Waals surface area contributed by atoms with Crippen molar-refractivity contribution in [2.24, 2.45) is 0 Å². The van der Waals surface area contributed by atoms with Crippen LogP contribution in [0.1, 0.15) is 11.3 Å². The van der Waals surface area contributed by atoms with Gasteiger partial charge in [0, 0.05) is 21.9 Å². The van der Waals surface area contributed by atoms with Crippen LogP contribution in [0.25, 0.3) is 0 Å². The lowest BCUT2D eigenvalue weighted by Gasteiger charge is -2.05. The first-order valence-corrected chi connectivity index (χ1v) is 8.20. The molecule has 1 aromatic heterocycles. The minimum Gasteiger partial charge on any atom is -0.497 e. The summed E-state index contributed by atoms with van der Waals surface area (Å²) < 4.78 is 5.11. The molecule has 1 N–H and O–H groups in total. The Bertz CT molecular complexity index is 523. The van der Waals surface area contributed by atoms with Crippen LogP contribution in [0.15, 0.2) is 46.7 Å². The van der Waals surface area contributed by atoms with Crippen LogP contribution in [-0.4, -0.2) is 18.8 Å². The number of carbonyl (C=O) groups is 1. The number of benzene rings is 1. The number of carbonyl (C=O) groups excluding carboxylic acids is 1. The van der Waals surface area contributed by atoms with Crippen LogP contribution in [0.3, 0.4) is 0 Å². The van der Waals surface area contributed by atoms with Crippen molar-refractivity contribution in [1.82, 2.24) is 5.32 Å². The molecular weight excluding hydrogens is 290 g/mol. The average molecular weight is 307 g/mol. The number of thiophene rings is 1. The summed E-state index contributed by atoms with van der Waals surface area (Å²) in [5, 5.41) is 4.94. The van der Waals surface area contributed by atoms with Gasteiger partial charge in [-0.15, -0.1) is 23.1 Å². The molecule has 106 valence electrons. The number of thioether (sulfide) groups is 1. The Kier molecular flexibility index (Phi) is 5.95. The van der Waals surface area contributed by atoms with Gasteiger partial charge < -0.3 is 10.1 Å². The summed E-state index contributed by atoms with van der Waals surface area (Å²) in [5.41, 5.74) is 0. The normalized spacial score (nSPS) is 10.2. The Balaban J connectivity index is 1.65. The van der Waals surface area contributed by atoms with Gasteiger partial charge in [-0.05, 0) is 35.7 Å². The number of amides is 1. The molecule has 2 aromatic rings. The monoisotopic (exact) mass is 307 g/mol. The van der Waals surface area contributed by atoms with Crippen molar-refractivity contribution in [2.75, 3.05) is 12.9 Å². The topological polar surface area (TPSA) is 38.3 Å². The standard InChI is InChI=1S/C15H17NO2S2/c1-18-12-4-6-13(7-5-12)20-10-8-15(17)16-11-14-3-2-9-19-14/h2-7,9H,8,10-11H2,1H3,(H,16,17). The third-order valence-corrected chi connectivity index (χ3v) is 4.59. The smallest absolute Gasteiger partial charge is 0.221 e. The maximum atomic E-state index is 11.7. The molecule has 0 spiro atoms. The lowest BCUT2D eigenvalue weighted by Crippen LogP contribution is -2.22. The van der Waals surface area contributed by atoms with Gasteiger partial charge in [-0.25, -0.2) is 0 Å². The summed E-state index contributed by atoms with van der Waals surface area (Å²) in [6, 6.07) is 11.9. The van der Waals surface area contributed by atoms with Gasteiger partial charge >= 0.3 is 0 Å². The fourth-order valence-electron chi connectivity index (χ4n) is 1.62. The zero-order valence-corrected chi connectivity index (χ0v) is 12.9. The largest absolute Gasteiger partial charge is 0.497 e. The second-order valence-electron chi connectivity index (χ2n) is 4.13. The van der Waals surface area contributed by atoms with Crippen LogP contribution >= 0.6 is 23.1 Å². The Labute approximate surface area is 127 Å². The second kappa shape index (κ2) is 7.97. The van der Waals surface area contributed by atoms with Gasteiger partial charge in [0.1, 0.15) is 5.75 Å². The van der Waals surface area contributed by atoms with Gasteiger partial charge in [0.05, 0.1) is 13.7 Å². The summed E-state index contributed by atoms with van der Waals surface area (Å²) in [5.74, 6) is 1.73. The molecular formula is C15H17NO2S2. The van der Waals surface area contributed by atoms with Crippen molar-refractivity contribution in [2.45, 2.75) is 17.9 Å². The minimum absolute atomic E-state index is 0.0967. The van der Waals surface area contributed by atoms with E-state index in [1.807, 2.05) is 41.8 Å². The molecule has 2 rings (SSSR count). The fourth-order valence-corrected chi connectivity index (χ4v) is 3.12. The maximum Gasteiger partial charge on any atom is 0.221 e. The quantitative estimate of drug-likeness (QED) is 0.795. The zero-order valence-electron chi connectivity index (χ0n) is 11.3. The highest BCUT2D eigenvalue weighted by molar-refractivity contribution is 7.99. The number of hydrogen-bond donors (Lipinski definition) is 1. The maximum absolute atomic E-state index is 11.7.